The maximum atomic E-state index is 12.1. The van der Waals surface area contributed by atoms with Gasteiger partial charge >= 0.3 is 0 Å². The van der Waals surface area contributed by atoms with E-state index < -0.39 is 16.4 Å². The topological polar surface area (TPSA) is 102 Å². The largest absolute Gasteiger partial charge is 0.497 e. The van der Waals surface area contributed by atoms with E-state index in [1.807, 2.05) is 12.1 Å². The molecule has 132 valence electrons. The molecule has 2 aromatic carbocycles. The molecule has 7 nitrogen and oxygen atoms in total. The van der Waals surface area contributed by atoms with Crippen molar-refractivity contribution in [3.63, 3.8) is 0 Å². The van der Waals surface area contributed by atoms with Gasteiger partial charge in [-0.3, -0.25) is 14.9 Å². The zero-order chi connectivity index (χ0) is 18.4. The van der Waals surface area contributed by atoms with Gasteiger partial charge in [-0.2, -0.15) is 0 Å². The Morgan fingerprint density at radius 2 is 1.80 bits per heavy atom. The van der Waals surface area contributed by atoms with Gasteiger partial charge in [0, 0.05) is 30.7 Å². The molecular weight excluding hydrogens is 324 g/mol. The molecule has 0 radical (unpaired) electrons. The Morgan fingerprint density at radius 1 is 1.20 bits per heavy atom. The minimum Gasteiger partial charge on any atom is -0.497 e. The maximum absolute atomic E-state index is 12.1. The number of rotatable bonds is 7. The number of ether oxygens (including phenoxy) is 1. The quantitative estimate of drug-likeness (QED) is 0.593. The van der Waals surface area contributed by atoms with Gasteiger partial charge in [0.25, 0.3) is 11.6 Å². The molecule has 0 aliphatic heterocycles. The van der Waals surface area contributed by atoms with Gasteiger partial charge in [0.15, 0.2) is 0 Å². The van der Waals surface area contributed by atoms with Gasteiger partial charge in [-0.1, -0.05) is 12.1 Å². The number of nitro groups is 1. The Kier molecular flexibility index (Phi) is 5.71. The zero-order valence-corrected chi connectivity index (χ0v) is 14.1. The first-order valence-electron chi connectivity index (χ1n) is 7.69. The number of amides is 1. The highest BCUT2D eigenvalue weighted by molar-refractivity contribution is 5.94. The molecule has 0 aromatic heterocycles. The molecule has 0 saturated carbocycles. The summed E-state index contributed by atoms with van der Waals surface area (Å²) in [4.78, 5) is 22.2. The second kappa shape index (κ2) is 7.76. The van der Waals surface area contributed by atoms with Gasteiger partial charge in [0.2, 0.25) is 0 Å². The Balaban J connectivity index is 1.93. The van der Waals surface area contributed by atoms with Crippen molar-refractivity contribution in [2.45, 2.75) is 18.9 Å². The van der Waals surface area contributed by atoms with Gasteiger partial charge in [-0.15, -0.1) is 0 Å². The van der Waals surface area contributed by atoms with E-state index in [4.69, 9.17) is 4.74 Å². The number of hydrogen-bond donors (Lipinski definition) is 2. The van der Waals surface area contributed by atoms with Crippen LogP contribution in [0.4, 0.5) is 5.69 Å². The molecule has 0 heterocycles. The molecule has 1 atom stereocenters. The number of non-ortho nitro benzene ring substituents is 1. The van der Waals surface area contributed by atoms with Crippen LogP contribution in [0.1, 0.15) is 22.8 Å². The molecule has 7 heteroatoms. The molecule has 0 bridgehead atoms. The predicted molar refractivity (Wildman–Crippen MR) is 92.8 cm³/mol. The molecule has 0 fully saturated rings. The SMILES string of the molecule is COc1ccc(CC(C)(O)CNC(=O)c2ccc([N+](=O)[O-])cc2)cc1. The fourth-order valence-electron chi connectivity index (χ4n) is 2.35. The third-order valence-corrected chi connectivity index (χ3v) is 3.71. The number of nitrogens with zero attached hydrogens (tertiary/aromatic N) is 1. The number of methoxy groups -OCH3 is 1. The minimum atomic E-state index is -1.13. The molecule has 2 rings (SSSR count). The summed E-state index contributed by atoms with van der Waals surface area (Å²) in [6.07, 6.45) is 0.359. The van der Waals surface area contributed by atoms with Crippen molar-refractivity contribution < 1.29 is 19.6 Å². The molecule has 0 aliphatic carbocycles. The van der Waals surface area contributed by atoms with E-state index in [-0.39, 0.29) is 12.2 Å². The molecular formula is C18H20N2O5. The summed E-state index contributed by atoms with van der Waals surface area (Å²) < 4.78 is 5.09. The first-order chi connectivity index (χ1) is 11.8. The average molecular weight is 344 g/mol. The van der Waals surface area contributed by atoms with Crippen molar-refractivity contribution in [1.29, 1.82) is 0 Å². The lowest BCUT2D eigenvalue weighted by Crippen LogP contribution is -2.42. The Labute approximate surface area is 145 Å². The highest BCUT2D eigenvalue weighted by atomic mass is 16.6. The highest BCUT2D eigenvalue weighted by Crippen LogP contribution is 2.17. The van der Waals surface area contributed by atoms with Crippen LogP contribution in [0.5, 0.6) is 5.75 Å². The molecule has 0 aliphatic rings. The van der Waals surface area contributed by atoms with Crippen molar-refractivity contribution in [2.24, 2.45) is 0 Å². The number of carbonyl (C=O) groups excluding carboxylic acids is 1. The van der Waals surface area contributed by atoms with Crippen molar-refractivity contribution in [1.82, 2.24) is 5.32 Å². The number of aliphatic hydroxyl groups is 1. The molecule has 0 saturated heterocycles. The second-order valence-electron chi connectivity index (χ2n) is 6.01. The van der Waals surface area contributed by atoms with Crippen molar-refractivity contribution in [3.8, 4) is 5.75 Å². The number of hydrogen-bond acceptors (Lipinski definition) is 5. The Morgan fingerprint density at radius 3 is 2.32 bits per heavy atom. The number of carbonyl (C=O) groups is 1. The van der Waals surface area contributed by atoms with Gasteiger partial charge in [0.05, 0.1) is 17.6 Å². The van der Waals surface area contributed by atoms with Crippen molar-refractivity contribution >= 4 is 11.6 Å². The van der Waals surface area contributed by atoms with Gasteiger partial charge < -0.3 is 15.2 Å². The van der Waals surface area contributed by atoms with Gasteiger partial charge in [-0.25, -0.2) is 0 Å². The lowest BCUT2D eigenvalue weighted by Gasteiger charge is -2.24. The summed E-state index contributed by atoms with van der Waals surface area (Å²) in [5, 5.41) is 23.7. The van der Waals surface area contributed by atoms with Crippen molar-refractivity contribution in [2.75, 3.05) is 13.7 Å². The van der Waals surface area contributed by atoms with Crippen LogP contribution >= 0.6 is 0 Å². The Bertz CT molecular complexity index is 739. The third kappa shape index (κ3) is 5.29. The van der Waals surface area contributed by atoms with Crippen LogP contribution in [-0.4, -0.2) is 35.2 Å². The van der Waals surface area contributed by atoms with E-state index in [0.29, 0.717) is 12.0 Å². The summed E-state index contributed by atoms with van der Waals surface area (Å²) in [6.45, 7) is 1.68. The van der Waals surface area contributed by atoms with Gasteiger partial charge in [0.1, 0.15) is 5.75 Å². The number of nitrogens with one attached hydrogen (secondary N) is 1. The van der Waals surface area contributed by atoms with E-state index in [0.717, 1.165) is 11.3 Å². The molecule has 2 aromatic rings. The Hall–Kier alpha value is -2.93. The minimum absolute atomic E-state index is 0.0504. The van der Waals surface area contributed by atoms with Crippen LogP contribution in [0.25, 0.3) is 0 Å². The first-order valence-corrected chi connectivity index (χ1v) is 7.69. The monoisotopic (exact) mass is 344 g/mol. The van der Waals surface area contributed by atoms with Crippen LogP contribution in [-0.2, 0) is 6.42 Å². The smallest absolute Gasteiger partial charge is 0.269 e. The summed E-state index contributed by atoms with van der Waals surface area (Å²) in [5.74, 6) is 0.333. The van der Waals surface area contributed by atoms with Crippen LogP contribution in [0.15, 0.2) is 48.5 Å². The summed E-state index contributed by atoms with van der Waals surface area (Å²) in [7, 11) is 1.58. The predicted octanol–water partition coefficient (Wildman–Crippen LogP) is 2.33. The van der Waals surface area contributed by atoms with E-state index in [1.54, 1.807) is 26.2 Å². The second-order valence-corrected chi connectivity index (χ2v) is 6.01. The van der Waals surface area contributed by atoms with E-state index in [1.165, 1.54) is 24.3 Å². The van der Waals surface area contributed by atoms with Crippen LogP contribution < -0.4 is 10.1 Å². The molecule has 25 heavy (non-hydrogen) atoms. The lowest BCUT2D eigenvalue weighted by molar-refractivity contribution is -0.384. The lowest BCUT2D eigenvalue weighted by atomic mass is 9.96. The highest BCUT2D eigenvalue weighted by Gasteiger charge is 2.22. The summed E-state index contributed by atoms with van der Waals surface area (Å²) in [6, 6.07) is 12.6. The summed E-state index contributed by atoms with van der Waals surface area (Å²) >= 11 is 0. The first kappa shape index (κ1) is 18.4. The van der Waals surface area contributed by atoms with E-state index in [9.17, 15) is 20.0 Å². The van der Waals surface area contributed by atoms with Crippen LogP contribution in [0.2, 0.25) is 0 Å². The molecule has 1 amide bonds. The fourth-order valence-corrected chi connectivity index (χ4v) is 2.35. The van der Waals surface area contributed by atoms with Crippen LogP contribution in [0.3, 0.4) is 0 Å². The number of nitro benzene ring substituents is 1. The van der Waals surface area contributed by atoms with Crippen LogP contribution in [0, 0.1) is 10.1 Å². The zero-order valence-electron chi connectivity index (χ0n) is 14.1. The maximum Gasteiger partial charge on any atom is 0.269 e. The normalized spacial score (nSPS) is 12.9. The standard InChI is InChI=1S/C18H20N2O5/c1-18(22,11-13-3-9-16(25-2)10-4-13)12-19-17(21)14-5-7-15(8-6-14)20(23)24/h3-10,22H,11-12H2,1-2H3,(H,19,21). The number of benzene rings is 2. The average Bonchev–Trinajstić information content (AvgIpc) is 2.60. The molecule has 0 spiro atoms. The van der Waals surface area contributed by atoms with E-state index in [2.05, 4.69) is 5.32 Å². The van der Waals surface area contributed by atoms with E-state index >= 15 is 0 Å². The van der Waals surface area contributed by atoms with Crippen molar-refractivity contribution in [3.05, 3.63) is 69.8 Å². The van der Waals surface area contributed by atoms with Gasteiger partial charge in [-0.05, 0) is 36.8 Å². The third-order valence-electron chi connectivity index (χ3n) is 3.71. The molecule has 2 N–H and O–H groups in total. The molecule has 1 unspecified atom stereocenters. The summed E-state index contributed by atoms with van der Waals surface area (Å²) in [5.41, 5.74) is -0.00494. The fraction of sp³-hybridized carbons (Fsp3) is 0.278.